The number of hydrogen-bond acceptors (Lipinski definition) is 4. The van der Waals surface area contributed by atoms with E-state index in [0.29, 0.717) is 18.2 Å². The number of carbonyl (C=O) groups excluding carboxylic acids is 1. The van der Waals surface area contributed by atoms with E-state index in [1.165, 1.54) is 10.7 Å². The standard InChI is InChI=1S/C17H15N3O3/c21-17(19-22)15-11-16(23-12-13-7-3-1-4-8-13)18-20(15)14-9-5-2-6-10-14/h1-11,22H,12H2,(H,19,21). The molecule has 0 bridgehead atoms. The van der Waals surface area contributed by atoms with Gasteiger partial charge in [0, 0.05) is 6.07 Å². The predicted molar refractivity (Wildman–Crippen MR) is 83.6 cm³/mol. The van der Waals surface area contributed by atoms with Crippen molar-refractivity contribution in [2.75, 3.05) is 0 Å². The Bertz CT molecular complexity index is 785. The second-order valence-corrected chi connectivity index (χ2v) is 4.83. The van der Waals surface area contributed by atoms with E-state index in [2.05, 4.69) is 5.10 Å². The smallest absolute Gasteiger partial charge is 0.293 e. The Morgan fingerprint density at radius 1 is 1.09 bits per heavy atom. The van der Waals surface area contributed by atoms with E-state index in [0.717, 1.165) is 5.56 Å². The minimum atomic E-state index is -0.657. The molecule has 3 rings (SSSR count). The molecular formula is C17H15N3O3. The maximum atomic E-state index is 11.8. The van der Waals surface area contributed by atoms with Gasteiger partial charge in [-0.2, -0.15) is 0 Å². The van der Waals surface area contributed by atoms with E-state index >= 15 is 0 Å². The van der Waals surface area contributed by atoms with E-state index in [1.807, 2.05) is 60.7 Å². The van der Waals surface area contributed by atoms with Gasteiger partial charge in [0.05, 0.1) is 5.69 Å². The molecule has 116 valence electrons. The van der Waals surface area contributed by atoms with Gasteiger partial charge in [-0.3, -0.25) is 10.0 Å². The first-order valence-electron chi connectivity index (χ1n) is 7.04. The number of aromatic nitrogens is 2. The van der Waals surface area contributed by atoms with Crippen LogP contribution in [0.25, 0.3) is 5.69 Å². The molecule has 0 saturated heterocycles. The summed E-state index contributed by atoms with van der Waals surface area (Å²) in [5, 5.41) is 13.2. The number of hydrogen-bond donors (Lipinski definition) is 2. The van der Waals surface area contributed by atoms with Gasteiger partial charge in [-0.15, -0.1) is 5.10 Å². The highest BCUT2D eigenvalue weighted by atomic mass is 16.5. The topological polar surface area (TPSA) is 76.4 Å². The molecule has 0 spiro atoms. The molecule has 1 aromatic heterocycles. The van der Waals surface area contributed by atoms with Crippen LogP contribution in [0.3, 0.4) is 0 Å². The third-order valence-electron chi connectivity index (χ3n) is 3.25. The van der Waals surface area contributed by atoms with Crippen LogP contribution < -0.4 is 10.2 Å². The molecule has 0 aliphatic carbocycles. The van der Waals surface area contributed by atoms with Crippen molar-refractivity contribution in [1.82, 2.24) is 15.3 Å². The predicted octanol–water partition coefficient (Wildman–Crippen LogP) is 2.57. The van der Waals surface area contributed by atoms with Gasteiger partial charge in [0.2, 0.25) is 5.88 Å². The van der Waals surface area contributed by atoms with E-state index in [1.54, 1.807) is 5.48 Å². The number of rotatable bonds is 5. The number of benzene rings is 2. The molecule has 0 radical (unpaired) electrons. The minimum Gasteiger partial charge on any atom is -0.472 e. The van der Waals surface area contributed by atoms with Crippen molar-refractivity contribution in [3.05, 3.63) is 78.0 Å². The third kappa shape index (κ3) is 3.38. The van der Waals surface area contributed by atoms with Crippen LogP contribution in [0.5, 0.6) is 5.88 Å². The lowest BCUT2D eigenvalue weighted by Gasteiger charge is -2.05. The fourth-order valence-corrected chi connectivity index (χ4v) is 2.15. The maximum Gasteiger partial charge on any atom is 0.293 e. The fraction of sp³-hybridized carbons (Fsp3) is 0.0588. The molecular weight excluding hydrogens is 294 g/mol. The highest BCUT2D eigenvalue weighted by Gasteiger charge is 2.17. The summed E-state index contributed by atoms with van der Waals surface area (Å²) < 4.78 is 7.06. The third-order valence-corrected chi connectivity index (χ3v) is 3.25. The molecule has 6 nitrogen and oxygen atoms in total. The van der Waals surface area contributed by atoms with Gasteiger partial charge in [0.25, 0.3) is 5.91 Å². The number of nitrogens with one attached hydrogen (secondary N) is 1. The molecule has 0 aliphatic rings. The van der Waals surface area contributed by atoms with Crippen molar-refractivity contribution in [2.24, 2.45) is 0 Å². The second kappa shape index (κ2) is 6.76. The van der Waals surface area contributed by atoms with Crippen molar-refractivity contribution < 1.29 is 14.7 Å². The Balaban J connectivity index is 1.87. The second-order valence-electron chi connectivity index (χ2n) is 4.83. The average Bonchev–Trinajstić information content (AvgIpc) is 3.05. The van der Waals surface area contributed by atoms with Crippen LogP contribution >= 0.6 is 0 Å². The summed E-state index contributed by atoms with van der Waals surface area (Å²) in [7, 11) is 0. The molecule has 6 heteroatoms. The lowest BCUT2D eigenvalue weighted by Crippen LogP contribution is -2.22. The number of hydroxylamine groups is 1. The van der Waals surface area contributed by atoms with Crippen LogP contribution in [0.15, 0.2) is 66.7 Å². The summed E-state index contributed by atoms with van der Waals surface area (Å²) in [4.78, 5) is 11.8. The van der Waals surface area contributed by atoms with E-state index in [4.69, 9.17) is 9.94 Å². The van der Waals surface area contributed by atoms with Gasteiger partial charge in [-0.25, -0.2) is 10.2 Å². The lowest BCUT2D eigenvalue weighted by molar-refractivity contribution is 0.0697. The molecule has 3 aromatic rings. The minimum absolute atomic E-state index is 0.182. The Morgan fingerprint density at radius 3 is 2.39 bits per heavy atom. The summed E-state index contributed by atoms with van der Waals surface area (Å²) >= 11 is 0. The van der Waals surface area contributed by atoms with Crippen molar-refractivity contribution in [3.63, 3.8) is 0 Å². The fourth-order valence-electron chi connectivity index (χ4n) is 2.15. The van der Waals surface area contributed by atoms with Crippen LogP contribution in [0, 0.1) is 0 Å². The van der Waals surface area contributed by atoms with Gasteiger partial charge >= 0.3 is 0 Å². The normalized spacial score (nSPS) is 10.3. The summed E-state index contributed by atoms with van der Waals surface area (Å²) in [6.45, 7) is 0.340. The first-order valence-corrected chi connectivity index (χ1v) is 7.04. The molecule has 1 amide bonds. The van der Waals surface area contributed by atoms with E-state index in [9.17, 15) is 4.79 Å². The van der Waals surface area contributed by atoms with E-state index < -0.39 is 5.91 Å². The quantitative estimate of drug-likeness (QED) is 0.561. The van der Waals surface area contributed by atoms with Crippen LogP contribution in [0.4, 0.5) is 0 Å². The zero-order chi connectivity index (χ0) is 16.1. The zero-order valence-corrected chi connectivity index (χ0v) is 12.2. The maximum absolute atomic E-state index is 11.8. The molecule has 0 fully saturated rings. The Kier molecular flexibility index (Phi) is 4.35. The van der Waals surface area contributed by atoms with Gasteiger partial charge < -0.3 is 4.74 Å². The molecule has 23 heavy (non-hydrogen) atoms. The lowest BCUT2D eigenvalue weighted by atomic mass is 10.2. The number of carbonyl (C=O) groups is 1. The van der Waals surface area contributed by atoms with Crippen molar-refractivity contribution in [2.45, 2.75) is 6.61 Å². The summed E-state index contributed by atoms with van der Waals surface area (Å²) in [5.41, 5.74) is 3.50. The van der Waals surface area contributed by atoms with Crippen molar-refractivity contribution in [1.29, 1.82) is 0 Å². The van der Waals surface area contributed by atoms with Crippen molar-refractivity contribution >= 4 is 5.91 Å². The highest BCUT2D eigenvalue weighted by molar-refractivity contribution is 5.92. The monoisotopic (exact) mass is 309 g/mol. The molecule has 1 heterocycles. The van der Waals surface area contributed by atoms with Crippen LogP contribution in [0.1, 0.15) is 16.1 Å². The molecule has 2 N–H and O–H groups in total. The first kappa shape index (κ1) is 14.8. The average molecular weight is 309 g/mol. The number of nitrogens with zero attached hydrogens (tertiary/aromatic N) is 2. The van der Waals surface area contributed by atoms with Gasteiger partial charge in [-0.1, -0.05) is 48.5 Å². The van der Waals surface area contributed by atoms with Gasteiger partial charge in [0.1, 0.15) is 12.3 Å². The summed E-state index contributed by atoms with van der Waals surface area (Å²) in [5.74, 6) is -0.354. The number of amides is 1. The van der Waals surface area contributed by atoms with Crippen LogP contribution in [-0.4, -0.2) is 20.9 Å². The van der Waals surface area contributed by atoms with Gasteiger partial charge in [0.15, 0.2) is 0 Å². The SMILES string of the molecule is O=C(NO)c1cc(OCc2ccccc2)nn1-c1ccccc1. The van der Waals surface area contributed by atoms with E-state index in [-0.39, 0.29) is 5.69 Å². The molecule has 0 unspecified atom stereocenters. The Hall–Kier alpha value is -3.12. The molecule has 0 saturated carbocycles. The van der Waals surface area contributed by atoms with Gasteiger partial charge in [-0.05, 0) is 17.7 Å². The summed E-state index contributed by atoms with van der Waals surface area (Å²) in [6, 6.07) is 20.3. The molecule has 2 aromatic carbocycles. The number of ether oxygens (including phenoxy) is 1. The summed E-state index contributed by atoms with van der Waals surface area (Å²) in [6.07, 6.45) is 0. The Morgan fingerprint density at radius 2 is 1.74 bits per heavy atom. The van der Waals surface area contributed by atoms with Crippen molar-refractivity contribution in [3.8, 4) is 11.6 Å². The molecule has 0 atom stereocenters. The largest absolute Gasteiger partial charge is 0.472 e. The zero-order valence-electron chi connectivity index (χ0n) is 12.2. The Labute approximate surface area is 132 Å². The molecule has 0 aliphatic heterocycles. The highest BCUT2D eigenvalue weighted by Crippen LogP contribution is 2.18. The number of para-hydroxylation sites is 1. The van der Waals surface area contributed by atoms with Crippen LogP contribution in [-0.2, 0) is 6.61 Å². The first-order chi connectivity index (χ1) is 11.3. The van der Waals surface area contributed by atoms with Crippen LogP contribution in [0.2, 0.25) is 0 Å².